The summed E-state index contributed by atoms with van der Waals surface area (Å²) in [6.45, 7) is 2.01. The maximum atomic E-state index is 13.8. The Morgan fingerprint density at radius 3 is 2.74 bits per heavy atom. The molecule has 34 heavy (non-hydrogen) atoms. The third-order valence-electron chi connectivity index (χ3n) is 5.99. The zero-order valence-corrected chi connectivity index (χ0v) is 19.0. The number of para-hydroxylation sites is 1. The molecule has 1 aliphatic heterocycles. The Bertz CT molecular complexity index is 1430. The molecular weight excluding hydrogens is 455 g/mol. The van der Waals surface area contributed by atoms with Crippen molar-refractivity contribution in [2.45, 2.75) is 13.3 Å². The van der Waals surface area contributed by atoms with Crippen LogP contribution >= 0.6 is 11.6 Å². The molecule has 0 aliphatic carbocycles. The van der Waals surface area contributed by atoms with Gasteiger partial charge < -0.3 is 10.2 Å². The number of rotatable bonds is 3. The van der Waals surface area contributed by atoms with Crippen molar-refractivity contribution in [1.82, 2.24) is 10.2 Å². The lowest BCUT2D eigenvalue weighted by Crippen LogP contribution is -2.32. The Morgan fingerprint density at radius 2 is 1.91 bits per heavy atom. The Morgan fingerprint density at radius 1 is 1.09 bits per heavy atom. The van der Waals surface area contributed by atoms with Crippen molar-refractivity contribution in [2.75, 3.05) is 16.8 Å². The number of halogens is 2. The molecule has 0 radical (unpaired) electrons. The quantitative estimate of drug-likeness (QED) is 0.403. The summed E-state index contributed by atoms with van der Waals surface area (Å²) in [4.78, 5) is 27.8. The van der Waals surface area contributed by atoms with Gasteiger partial charge in [0, 0.05) is 29.6 Å². The van der Waals surface area contributed by atoms with Crippen LogP contribution in [0.4, 0.5) is 15.8 Å². The van der Waals surface area contributed by atoms with Crippen molar-refractivity contribution < 1.29 is 14.0 Å². The van der Waals surface area contributed by atoms with Crippen LogP contribution in [-0.2, 0) is 6.42 Å². The van der Waals surface area contributed by atoms with Gasteiger partial charge in [-0.05, 0) is 60.9 Å². The van der Waals surface area contributed by atoms with Crippen LogP contribution < -0.4 is 10.2 Å². The monoisotopic (exact) mass is 474 g/mol. The van der Waals surface area contributed by atoms with Crippen LogP contribution in [0, 0.1) is 12.7 Å². The first-order valence-corrected chi connectivity index (χ1v) is 11.1. The van der Waals surface area contributed by atoms with Crippen LogP contribution in [0.1, 0.15) is 31.8 Å². The highest BCUT2D eigenvalue weighted by Gasteiger charge is 2.27. The van der Waals surface area contributed by atoms with E-state index in [0.29, 0.717) is 24.2 Å². The number of aromatic nitrogens is 2. The van der Waals surface area contributed by atoms with Gasteiger partial charge in [0.1, 0.15) is 5.82 Å². The fourth-order valence-corrected chi connectivity index (χ4v) is 4.44. The Hall–Kier alpha value is -3.97. The molecule has 4 aromatic rings. The topological polar surface area (TPSA) is 78.1 Å². The minimum atomic E-state index is -0.456. The predicted molar refractivity (Wildman–Crippen MR) is 130 cm³/mol. The van der Waals surface area contributed by atoms with E-state index in [1.165, 1.54) is 18.2 Å². The minimum Gasteiger partial charge on any atom is -0.322 e. The van der Waals surface area contributed by atoms with Crippen LogP contribution in [0.25, 0.3) is 11.3 Å². The molecule has 0 saturated heterocycles. The molecule has 0 atom stereocenters. The lowest BCUT2D eigenvalue weighted by molar-refractivity contribution is 0.0986. The van der Waals surface area contributed by atoms with E-state index in [9.17, 15) is 14.0 Å². The second kappa shape index (κ2) is 8.76. The van der Waals surface area contributed by atoms with E-state index in [4.69, 9.17) is 11.6 Å². The van der Waals surface area contributed by atoms with Crippen LogP contribution in [0.3, 0.4) is 0 Å². The average Bonchev–Trinajstić information content (AvgIpc) is 3.23. The van der Waals surface area contributed by atoms with Gasteiger partial charge in [0.15, 0.2) is 0 Å². The van der Waals surface area contributed by atoms with E-state index in [2.05, 4.69) is 15.5 Å². The molecule has 3 aromatic carbocycles. The molecule has 1 aliphatic rings. The number of carbonyl (C=O) groups excluding carboxylic acids is 2. The fraction of sp³-hybridized carbons (Fsp3) is 0.115. The molecule has 0 fully saturated rings. The first kappa shape index (κ1) is 21.9. The molecule has 0 saturated carbocycles. The molecular formula is C26H20ClFN4O2. The zero-order valence-electron chi connectivity index (χ0n) is 18.2. The normalized spacial score (nSPS) is 12.5. The summed E-state index contributed by atoms with van der Waals surface area (Å²) >= 11 is 6.49. The Balaban J connectivity index is 1.42. The largest absolute Gasteiger partial charge is 0.322 e. The number of H-pyrrole nitrogens is 1. The summed E-state index contributed by atoms with van der Waals surface area (Å²) in [5, 5.41) is 10.2. The maximum Gasteiger partial charge on any atom is 0.259 e. The summed E-state index contributed by atoms with van der Waals surface area (Å²) in [6, 6.07) is 16.7. The molecule has 2 N–H and O–H groups in total. The molecule has 6 nitrogen and oxygen atoms in total. The molecule has 2 heterocycles. The maximum absolute atomic E-state index is 13.8. The molecule has 0 unspecified atom stereocenters. The number of nitrogens with zero attached hydrogens (tertiary/aromatic N) is 2. The molecule has 8 heteroatoms. The third-order valence-corrected chi connectivity index (χ3v) is 6.30. The van der Waals surface area contributed by atoms with E-state index in [1.807, 2.05) is 30.5 Å². The van der Waals surface area contributed by atoms with Crippen molar-refractivity contribution in [3.63, 3.8) is 0 Å². The lowest BCUT2D eigenvalue weighted by atomic mass is 10.1. The number of fused-ring (bicyclic) bond motifs is 3. The molecule has 0 bridgehead atoms. The summed E-state index contributed by atoms with van der Waals surface area (Å²) in [6.07, 6.45) is 2.50. The van der Waals surface area contributed by atoms with Crippen molar-refractivity contribution in [1.29, 1.82) is 0 Å². The van der Waals surface area contributed by atoms with Gasteiger partial charge in [-0.3, -0.25) is 14.7 Å². The van der Waals surface area contributed by atoms with E-state index < -0.39 is 11.7 Å². The number of hydrogen-bond acceptors (Lipinski definition) is 3. The number of benzene rings is 3. The highest BCUT2D eigenvalue weighted by Crippen LogP contribution is 2.36. The smallest absolute Gasteiger partial charge is 0.259 e. The van der Waals surface area contributed by atoms with Gasteiger partial charge in [-0.25, -0.2) is 4.39 Å². The fourth-order valence-electron chi connectivity index (χ4n) is 4.18. The number of nitrogens with one attached hydrogen (secondary N) is 2. The Labute approximate surface area is 200 Å². The Kier molecular flexibility index (Phi) is 5.63. The number of anilines is 2. The number of aromatic amines is 1. The average molecular weight is 475 g/mol. The molecule has 0 spiro atoms. The van der Waals surface area contributed by atoms with Crippen molar-refractivity contribution >= 4 is 34.8 Å². The standard InChI is InChI=1S/C26H20ClFN4O2/c1-15-18(6-4-7-22(15)28)25(33)30-17-9-10-19(21(27)13-17)26(34)32-12-11-16-14-29-31-24(16)20-5-2-3-8-23(20)32/h2-10,13-14H,11-12H2,1H3,(H,29,31)(H,30,33). The predicted octanol–water partition coefficient (Wildman–Crippen LogP) is 5.63. The SMILES string of the molecule is Cc1c(F)cccc1C(=O)Nc1ccc(C(=O)N2CCc3c[nH]nc3-c3ccccc32)c(Cl)c1. The zero-order chi connectivity index (χ0) is 23.8. The van der Waals surface area contributed by atoms with Crippen LogP contribution in [0.15, 0.2) is 66.9 Å². The van der Waals surface area contributed by atoms with Gasteiger partial charge in [-0.2, -0.15) is 5.10 Å². The summed E-state index contributed by atoms with van der Waals surface area (Å²) in [5.74, 6) is -1.15. The first-order chi connectivity index (χ1) is 16.4. The van der Waals surface area contributed by atoms with E-state index >= 15 is 0 Å². The van der Waals surface area contributed by atoms with Gasteiger partial charge in [0.2, 0.25) is 0 Å². The highest BCUT2D eigenvalue weighted by molar-refractivity contribution is 6.35. The summed E-state index contributed by atoms with van der Waals surface area (Å²) in [5.41, 5.74) is 4.72. The van der Waals surface area contributed by atoms with Crippen LogP contribution in [0.2, 0.25) is 5.02 Å². The second-order valence-corrected chi connectivity index (χ2v) is 8.45. The summed E-state index contributed by atoms with van der Waals surface area (Å²) in [7, 11) is 0. The van der Waals surface area contributed by atoms with Crippen molar-refractivity contribution in [2.24, 2.45) is 0 Å². The van der Waals surface area contributed by atoms with Gasteiger partial charge in [-0.15, -0.1) is 0 Å². The van der Waals surface area contributed by atoms with Crippen molar-refractivity contribution in [3.05, 3.63) is 100.0 Å². The van der Waals surface area contributed by atoms with Gasteiger partial charge in [0.05, 0.1) is 22.0 Å². The second-order valence-electron chi connectivity index (χ2n) is 8.04. The van der Waals surface area contributed by atoms with Gasteiger partial charge in [-0.1, -0.05) is 35.9 Å². The highest BCUT2D eigenvalue weighted by atomic mass is 35.5. The molecule has 5 rings (SSSR count). The number of carbonyl (C=O) groups is 2. The third kappa shape index (κ3) is 3.84. The number of amides is 2. The summed E-state index contributed by atoms with van der Waals surface area (Å²) < 4.78 is 13.8. The van der Waals surface area contributed by atoms with Gasteiger partial charge >= 0.3 is 0 Å². The van der Waals surface area contributed by atoms with Gasteiger partial charge in [0.25, 0.3) is 11.8 Å². The van der Waals surface area contributed by atoms with Crippen LogP contribution in [0.5, 0.6) is 0 Å². The molecule has 1 aromatic heterocycles. The number of hydrogen-bond donors (Lipinski definition) is 2. The van der Waals surface area contributed by atoms with E-state index in [0.717, 1.165) is 22.5 Å². The van der Waals surface area contributed by atoms with Crippen molar-refractivity contribution in [3.8, 4) is 11.3 Å². The minimum absolute atomic E-state index is 0.207. The van der Waals surface area contributed by atoms with Crippen LogP contribution in [-0.4, -0.2) is 28.6 Å². The van der Waals surface area contributed by atoms with E-state index in [-0.39, 0.29) is 22.1 Å². The molecule has 170 valence electrons. The molecule has 2 amide bonds. The first-order valence-electron chi connectivity index (χ1n) is 10.7. The van der Waals surface area contributed by atoms with E-state index in [1.54, 1.807) is 30.0 Å². The lowest BCUT2D eigenvalue weighted by Gasteiger charge is -2.23.